The van der Waals surface area contributed by atoms with E-state index in [9.17, 15) is 14.4 Å². The molecular formula is C34H52N4O3S. The van der Waals surface area contributed by atoms with Crippen LogP contribution in [-0.4, -0.2) is 54.0 Å². The molecule has 7 nitrogen and oxygen atoms in total. The molecule has 8 heteroatoms. The molecule has 0 bridgehead atoms. The van der Waals surface area contributed by atoms with Gasteiger partial charge in [0.05, 0.1) is 12.1 Å². The molecule has 2 saturated heterocycles. The van der Waals surface area contributed by atoms with Crippen LogP contribution in [-0.2, 0) is 9.59 Å². The predicted octanol–water partition coefficient (Wildman–Crippen LogP) is 6.42. The summed E-state index contributed by atoms with van der Waals surface area (Å²) in [6.07, 6.45) is 36.4. The fourth-order valence-electron chi connectivity index (χ4n) is 4.71. The lowest BCUT2D eigenvalue weighted by molar-refractivity contribution is -0.122. The molecule has 0 saturated carbocycles. The number of amides is 4. The minimum atomic E-state index is -0.0597. The minimum Gasteiger partial charge on any atom is -0.354 e. The Bertz CT molecular complexity index is 970. The average Bonchev–Trinajstić information content (AvgIpc) is 3.53. The molecule has 0 aromatic rings. The summed E-state index contributed by atoms with van der Waals surface area (Å²) in [5, 5.41) is 12.1. The monoisotopic (exact) mass is 596 g/mol. The number of thioether (sulfide) groups is 1. The van der Waals surface area contributed by atoms with Crippen LogP contribution in [0.2, 0.25) is 0 Å². The van der Waals surface area contributed by atoms with E-state index in [1.165, 1.54) is 0 Å². The van der Waals surface area contributed by atoms with Crippen LogP contribution in [0, 0.1) is 0 Å². The van der Waals surface area contributed by atoms with Crippen molar-refractivity contribution in [2.24, 2.45) is 0 Å². The number of carbonyl (C=O) groups is 3. The Balaban J connectivity index is 1.35. The number of fused-ring (bicyclic) bond motifs is 1. The van der Waals surface area contributed by atoms with Crippen LogP contribution < -0.4 is 21.3 Å². The van der Waals surface area contributed by atoms with E-state index in [-0.39, 0.29) is 29.9 Å². The molecule has 0 aliphatic carbocycles. The number of hydrogen-bond acceptors (Lipinski definition) is 4. The molecule has 0 spiro atoms. The smallest absolute Gasteiger partial charge is 0.315 e. The summed E-state index contributed by atoms with van der Waals surface area (Å²) in [7, 11) is 0. The normalized spacial score (nSPS) is 20.5. The fourth-order valence-corrected chi connectivity index (χ4v) is 6.25. The molecular weight excluding hydrogens is 544 g/mol. The van der Waals surface area contributed by atoms with Crippen LogP contribution in [0.25, 0.3) is 0 Å². The van der Waals surface area contributed by atoms with E-state index in [1.807, 2.05) is 17.8 Å². The number of hydrogen-bond donors (Lipinski definition) is 4. The lowest BCUT2D eigenvalue weighted by Gasteiger charge is -2.16. The first kappa shape index (κ1) is 35.2. The summed E-state index contributed by atoms with van der Waals surface area (Å²) in [6.45, 7) is 3.05. The van der Waals surface area contributed by atoms with Gasteiger partial charge < -0.3 is 21.3 Å². The van der Waals surface area contributed by atoms with Crippen LogP contribution in [0.15, 0.2) is 72.9 Å². The fraction of sp³-hybridized carbons (Fsp3) is 0.559. The SMILES string of the molecule is CCC=CCC=CCC=CCC=CCC=CCC=CCCC(=O)NCCNC(=O)CCCC[C@@H]1SC[C@@H]2NC(=O)N[C@@H]21. The van der Waals surface area contributed by atoms with Crippen LogP contribution >= 0.6 is 11.8 Å². The van der Waals surface area contributed by atoms with Crippen LogP contribution in [0.3, 0.4) is 0 Å². The summed E-state index contributed by atoms with van der Waals surface area (Å²) >= 11 is 1.90. The van der Waals surface area contributed by atoms with E-state index in [0.717, 1.165) is 63.5 Å². The van der Waals surface area contributed by atoms with Crippen molar-refractivity contribution in [2.75, 3.05) is 18.8 Å². The topological polar surface area (TPSA) is 99.3 Å². The first-order valence-electron chi connectivity index (χ1n) is 15.7. The number of allylic oxidation sites excluding steroid dienone is 12. The van der Waals surface area contributed by atoms with Gasteiger partial charge in [0.25, 0.3) is 0 Å². The third kappa shape index (κ3) is 17.1. The number of urea groups is 1. The third-order valence-electron chi connectivity index (χ3n) is 6.98. The van der Waals surface area contributed by atoms with Crippen molar-refractivity contribution in [1.82, 2.24) is 21.3 Å². The van der Waals surface area contributed by atoms with Gasteiger partial charge in [-0.3, -0.25) is 9.59 Å². The zero-order valence-electron chi connectivity index (χ0n) is 25.4. The van der Waals surface area contributed by atoms with Crippen molar-refractivity contribution in [3.63, 3.8) is 0 Å². The largest absolute Gasteiger partial charge is 0.354 e. The first-order chi connectivity index (χ1) is 20.6. The number of unbranched alkanes of at least 4 members (excludes halogenated alkanes) is 1. The summed E-state index contributed by atoms with van der Waals surface area (Å²) in [6, 6.07) is 0.409. The number of nitrogens with one attached hydrogen (secondary N) is 4. The zero-order valence-corrected chi connectivity index (χ0v) is 26.2. The Morgan fingerprint density at radius 1 is 0.738 bits per heavy atom. The second-order valence-electron chi connectivity index (χ2n) is 10.5. The minimum absolute atomic E-state index is 0.00430. The Kier molecular flexibility index (Phi) is 19.7. The van der Waals surface area contributed by atoms with E-state index in [2.05, 4.69) is 95.0 Å². The highest BCUT2D eigenvalue weighted by atomic mass is 32.2. The highest BCUT2D eigenvalue weighted by molar-refractivity contribution is 8.00. The quantitative estimate of drug-likeness (QED) is 0.0658. The van der Waals surface area contributed by atoms with E-state index in [4.69, 9.17) is 0 Å². The van der Waals surface area contributed by atoms with E-state index in [0.29, 0.717) is 37.6 Å². The zero-order chi connectivity index (χ0) is 30.1. The molecule has 2 rings (SSSR count). The van der Waals surface area contributed by atoms with Crippen LogP contribution in [0.5, 0.6) is 0 Å². The van der Waals surface area contributed by atoms with Crippen LogP contribution in [0.1, 0.15) is 84.0 Å². The Morgan fingerprint density at radius 2 is 1.26 bits per heavy atom. The molecule has 2 aliphatic heterocycles. The molecule has 2 fully saturated rings. The maximum Gasteiger partial charge on any atom is 0.315 e. The van der Waals surface area contributed by atoms with Gasteiger partial charge in [0, 0.05) is 36.9 Å². The molecule has 2 heterocycles. The molecule has 0 aromatic heterocycles. The lowest BCUT2D eigenvalue weighted by atomic mass is 10.0. The van der Waals surface area contributed by atoms with Crippen LogP contribution in [0.4, 0.5) is 4.79 Å². The van der Waals surface area contributed by atoms with Gasteiger partial charge in [-0.05, 0) is 57.8 Å². The number of rotatable bonds is 22. The van der Waals surface area contributed by atoms with Gasteiger partial charge in [-0.1, -0.05) is 86.3 Å². The highest BCUT2D eigenvalue weighted by Crippen LogP contribution is 2.33. The van der Waals surface area contributed by atoms with E-state index in [1.54, 1.807) is 0 Å². The van der Waals surface area contributed by atoms with Gasteiger partial charge in [0.1, 0.15) is 0 Å². The van der Waals surface area contributed by atoms with Crippen molar-refractivity contribution in [1.29, 1.82) is 0 Å². The average molecular weight is 597 g/mol. The molecule has 4 amide bonds. The van der Waals surface area contributed by atoms with Gasteiger partial charge in [-0.2, -0.15) is 11.8 Å². The summed E-state index contributed by atoms with van der Waals surface area (Å²) in [4.78, 5) is 35.5. The van der Waals surface area contributed by atoms with Gasteiger partial charge in [-0.15, -0.1) is 0 Å². The lowest BCUT2D eigenvalue weighted by Crippen LogP contribution is -2.36. The third-order valence-corrected chi connectivity index (χ3v) is 8.49. The number of carbonyl (C=O) groups excluding carboxylic acids is 3. The maximum absolute atomic E-state index is 12.0. The van der Waals surface area contributed by atoms with Crippen molar-refractivity contribution < 1.29 is 14.4 Å². The standard InChI is InChI=1S/C34H52N4O3S/c1-2-3-4-5-6-7-8-9-10-11-12-13-14-15-16-17-18-19-20-24-31(39)35-26-27-36-32(40)25-22-21-23-30-33-29(28-42-30)37-34(41)38-33/h3-4,6-7,9-10,12-13,15-16,18-19,29-30,33H,2,5,8,11,14,17,20-28H2,1H3,(H,35,39)(H,36,40)(H2,37,38,41)/t29-,30-,33-/m0/s1. The van der Waals surface area contributed by atoms with Crippen molar-refractivity contribution in [3.8, 4) is 0 Å². The first-order valence-corrected chi connectivity index (χ1v) is 16.8. The molecule has 3 atom stereocenters. The molecule has 2 aliphatic rings. The van der Waals surface area contributed by atoms with Gasteiger partial charge in [-0.25, -0.2) is 4.79 Å². The second kappa shape index (κ2) is 23.6. The predicted molar refractivity (Wildman–Crippen MR) is 177 cm³/mol. The van der Waals surface area contributed by atoms with E-state index < -0.39 is 0 Å². The molecule has 0 aromatic carbocycles. The molecule has 0 radical (unpaired) electrons. The molecule has 4 N–H and O–H groups in total. The molecule has 232 valence electrons. The summed E-state index contributed by atoms with van der Waals surface area (Å²) in [5.74, 6) is 0.987. The maximum atomic E-state index is 12.0. The van der Waals surface area contributed by atoms with Gasteiger partial charge >= 0.3 is 6.03 Å². The van der Waals surface area contributed by atoms with Crippen molar-refractivity contribution in [2.45, 2.75) is 101 Å². The summed E-state index contributed by atoms with van der Waals surface area (Å²) in [5.41, 5.74) is 0. The second-order valence-corrected chi connectivity index (χ2v) is 11.8. The summed E-state index contributed by atoms with van der Waals surface area (Å²) < 4.78 is 0. The van der Waals surface area contributed by atoms with Gasteiger partial charge in [0.15, 0.2) is 0 Å². The molecule has 42 heavy (non-hydrogen) atoms. The Hall–Kier alpha value is -3.00. The van der Waals surface area contributed by atoms with Crippen molar-refractivity contribution >= 4 is 29.6 Å². The van der Waals surface area contributed by atoms with E-state index >= 15 is 0 Å². The van der Waals surface area contributed by atoms with Crippen molar-refractivity contribution in [3.05, 3.63) is 72.9 Å². The highest BCUT2D eigenvalue weighted by Gasteiger charge is 2.42. The molecule has 0 unspecified atom stereocenters. The van der Waals surface area contributed by atoms with Gasteiger partial charge in [0.2, 0.25) is 11.8 Å². The Morgan fingerprint density at radius 3 is 1.83 bits per heavy atom. The Labute approximate surface area is 257 Å².